The van der Waals surface area contributed by atoms with E-state index in [4.69, 9.17) is 4.52 Å². The summed E-state index contributed by atoms with van der Waals surface area (Å²) in [4.78, 5) is 16.0. The van der Waals surface area contributed by atoms with Crippen molar-refractivity contribution < 1.29 is 9.32 Å². The first-order valence-corrected chi connectivity index (χ1v) is 7.97. The van der Waals surface area contributed by atoms with E-state index < -0.39 is 0 Å². The molecule has 122 valence electrons. The fraction of sp³-hybridized carbons (Fsp3) is 0.667. The van der Waals surface area contributed by atoms with E-state index in [1.54, 1.807) is 0 Å². The quantitative estimate of drug-likeness (QED) is 0.376. The molecule has 0 atom stereocenters. The standard InChI is InChI=1S/C15H25N5O2/c1-3-12-9-13(22-20-12)10-19-15(16-4-2)18-8-7-17-14(21)11-5-6-11/h9,11H,3-8,10H2,1-2H3,(H,17,21)(H2,16,18,19). The number of aliphatic imine (C=N–C) groups is 1. The molecule has 22 heavy (non-hydrogen) atoms. The molecule has 0 saturated heterocycles. The van der Waals surface area contributed by atoms with Crippen molar-refractivity contribution in [3.05, 3.63) is 17.5 Å². The highest BCUT2D eigenvalue weighted by molar-refractivity contribution is 5.81. The van der Waals surface area contributed by atoms with Crippen LogP contribution in [0.3, 0.4) is 0 Å². The van der Waals surface area contributed by atoms with Crippen LogP contribution in [0.25, 0.3) is 0 Å². The Hall–Kier alpha value is -2.05. The number of nitrogens with zero attached hydrogens (tertiary/aromatic N) is 2. The molecule has 0 aromatic carbocycles. The second-order valence-corrected chi connectivity index (χ2v) is 5.33. The average molecular weight is 307 g/mol. The largest absolute Gasteiger partial charge is 0.359 e. The van der Waals surface area contributed by atoms with Crippen LogP contribution < -0.4 is 16.0 Å². The van der Waals surface area contributed by atoms with E-state index in [0.717, 1.165) is 37.3 Å². The molecule has 3 N–H and O–H groups in total. The molecule has 7 nitrogen and oxygen atoms in total. The van der Waals surface area contributed by atoms with Gasteiger partial charge in [-0.2, -0.15) is 0 Å². The van der Waals surface area contributed by atoms with E-state index in [9.17, 15) is 4.79 Å². The van der Waals surface area contributed by atoms with E-state index in [0.29, 0.717) is 25.6 Å². The Bertz CT molecular complexity index is 508. The van der Waals surface area contributed by atoms with Gasteiger partial charge in [0.05, 0.1) is 5.69 Å². The lowest BCUT2D eigenvalue weighted by molar-refractivity contribution is -0.122. The highest BCUT2D eigenvalue weighted by Crippen LogP contribution is 2.28. The molecule has 0 unspecified atom stereocenters. The second-order valence-electron chi connectivity index (χ2n) is 5.33. The Morgan fingerprint density at radius 1 is 1.32 bits per heavy atom. The van der Waals surface area contributed by atoms with Gasteiger partial charge in [-0.25, -0.2) is 4.99 Å². The molecule has 0 spiro atoms. The Morgan fingerprint density at radius 3 is 2.73 bits per heavy atom. The summed E-state index contributed by atoms with van der Waals surface area (Å²) in [6, 6.07) is 1.92. The SMILES string of the molecule is CCNC(=NCc1cc(CC)no1)NCCNC(=O)C1CC1. The van der Waals surface area contributed by atoms with Crippen molar-refractivity contribution in [2.75, 3.05) is 19.6 Å². The van der Waals surface area contributed by atoms with Gasteiger partial charge in [0.25, 0.3) is 0 Å². The van der Waals surface area contributed by atoms with Crippen molar-refractivity contribution in [1.82, 2.24) is 21.1 Å². The lowest BCUT2D eigenvalue weighted by Gasteiger charge is -2.11. The number of amides is 1. The fourth-order valence-electron chi connectivity index (χ4n) is 1.95. The number of guanidine groups is 1. The number of aryl methyl sites for hydroxylation is 1. The molecular formula is C15H25N5O2. The summed E-state index contributed by atoms with van der Waals surface area (Å²) in [6.45, 7) is 6.50. The molecule has 1 aromatic heterocycles. The molecule has 7 heteroatoms. The predicted octanol–water partition coefficient (Wildman–Crippen LogP) is 0.818. The first-order chi connectivity index (χ1) is 10.7. The van der Waals surface area contributed by atoms with Gasteiger partial charge in [0, 0.05) is 31.6 Å². The Morgan fingerprint density at radius 2 is 2.09 bits per heavy atom. The maximum absolute atomic E-state index is 11.5. The highest BCUT2D eigenvalue weighted by atomic mass is 16.5. The number of hydrogen-bond acceptors (Lipinski definition) is 4. The van der Waals surface area contributed by atoms with Gasteiger partial charge in [0.15, 0.2) is 11.7 Å². The van der Waals surface area contributed by atoms with E-state index in [1.807, 2.05) is 19.9 Å². The van der Waals surface area contributed by atoms with Crippen molar-refractivity contribution in [3.63, 3.8) is 0 Å². The number of rotatable bonds is 8. The zero-order valence-corrected chi connectivity index (χ0v) is 13.3. The van der Waals surface area contributed by atoms with Gasteiger partial charge in [0.2, 0.25) is 5.91 Å². The van der Waals surface area contributed by atoms with Gasteiger partial charge >= 0.3 is 0 Å². The van der Waals surface area contributed by atoms with E-state index in [-0.39, 0.29) is 11.8 Å². The van der Waals surface area contributed by atoms with Crippen LogP contribution in [0.4, 0.5) is 0 Å². The van der Waals surface area contributed by atoms with Crippen molar-refractivity contribution >= 4 is 11.9 Å². The maximum atomic E-state index is 11.5. The Kier molecular flexibility index (Phi) is 6.24. The Balaban J connectivity index is 1.72. The first-order valence-electron chi connectivity index (χ1n) is 7.97. The molecule has 0 radical (unpaired) electrons. The lowest BCUT2D eigenvalue weighted by atomic mass is 10.3. The minimum absolute atomic E-state index is 0.164. The molecule has 1 aliphatic carbocycles. The molecule has 1 aromatic rings. The van der Waals surface area contributed by atoms with Gasteiger partial charge in [-0.05, 0) is 26.2 Å². The van der Waals surface area contributed by atoms with Crippen molar-refractivity contribution in [2.45, 2.75) is 39.7 Å². The van der Waals surface area contributed by atoms with Crippen LogP contribution in [0, 0.1) is 5.92 Å². The molecule has 1 amide bonds. The van der Waals surface area contributed by atoms with Crippen LogP contribution in [0.5, 0.6) is 0 Å². The van der Waals surface area contributed by atoms with Crippen LogP contribution in [-0.2, 0) is 17.8 Å². The van der Waals surface area contributed by atoms with Crippen LogP contribution >= 0.6 is 0 Å². The molecule has 0 bridgehead atoms. The first kappa shape index (κ1) is 16.3. The molecule has 1 aliphatic rings. The van der Waals surface area contributed by atoms with Crippen molar-refractivity contribution in [1.29, 1.82) is 0 Å². The molecule has 0 aliphatic heterocycles. The summed E-state index contributed by atoms with van der Waals surface area (Å²) in [6.07, 6.45) is 2.91. The highest BCUT2D eigenvalue weighted by Gasteiger charge is 2.28. The third kappa shape index (κ3) is 5.38. The maximum Gasteiger partial charge on any atom is 0.223 e. The van der Waals surface area contributed by atoms with E-state index in [1.165, 1.54) is 0 Å². The number of nitrogens with one attached hydrogen (secondary N) is 3. The topological polar surface area (TPSA) is 91.6 Å². The number of carbonyl (C=O) groups excluding carboxylic acids is 1. The van der Waals surface area contributed by atoms with Crippen LogP contribution in [0.2, 0.25) is 0 Å². The number of hydrogen-bond donors (Lipinski definition) is 3. The Labute approximate surface area is 130 Å². The summed E-state index contributed by atoms with van der Waals surface area (Å²) in [5, 5.41) is 13.2. The summed E-state index contributed by atoms with van der Waals surface area (Å²) >= 11 is 0. The normalized spacial score (nSPS) is 14.7. The summed E-state index contributed by atoms with van der Waals surface area (Å²) < 4.78 is 5.20. The van der Waals surface area contributed by atoms with Crippen molar-refractivity contribution in [2.24, 2.45) is 10.9 Å². The molecule has 1 heterocycles. The van der Waals surface area contributed by atoms with Gasteiger partial charge in [-0.3, -0.25) is 4.79 Å². The zero-order valence-electron chi connectivity index (χ0n) is 13.3. The van der Waals surface area contributed by atoms with Gasteiger partial charge in [-0.15, -0.1) is 0 Å². The monoisotopic (exact) mass is 307 g/mol. The van der Waals surface area contributed by atoms with Gasteiger partial charge in [-0.1, -0.05) is 12.1 Å². The van der Waals surface area contributed by atoms with Gasteiger partial charge in [0.1, 0.15) is 6.54 Å². The van der Waals surface area contributed by atoms with Crippen molar-refractivity contribution in [3.8, 4) is 0 Å². The number of aromatic nitrogens is 1. The van der Waals surface area contributed by atoms with Crippen LogP contribution in [-0.4, -0.2) is 36.7 Å². The zero-order chi connectivity index (χ0) is 15.8. The van der Waals surface area contributed by atoms with Crippen LogP contribution in [0.1, 0.15) is 38.1 Å². The molecule has 1 saturated carbocycles. The third-order valence-corrected chi connectivity index (χ3v) is 3.37. The van der Waals surface area contributed by atoms with Crippen LogP contribution in [0.15, 0.2) is 15.6 Å². The third-order valence-electron chi connectivity index (χ3n) is 3.37. The lowest BCUT2D eigenvalue weighted by Crippen LogP contribution is -2.41. The summed E-state index contributed by atoms with van der Waals surface area (Å²) in [5.74, 6) is 1.87. The minimum atomic E-state index is 0.164. The average Bonchev–Trinajstić information content (AvgIpc) is 3.28. The predicted molar refractivity (Wildman–Crippen MR) is 84.4 cm³/mol. The van der Waals surface area contributed by atoms with E-state index >= 15 is 0 Å². The second kappa shape index (κ2) is 8.41. The molecular weight excluding hydrogens is 282 g/mol. The summed E-state index contributed by atoms with van der Waals surface area (Å²) in [7, 11) is 0. The minimum Gasteiger partial charge on any atom is -0.359 e. The smallest absolute Gasteiger partial charge is 0.223 e. The number of carbonyl (C=O) groups is 1. The molecule has 2 rings (SSSR count). The van der Waals surface area contributed by atoms with E-state index in [2.05, 4.69) is 26.1 Å². The molecule has 1 fully saturated rings. The fourth-order valence-corrected chi connectivity index (χ4v) is 1.95. The van der Waals surface area contributed by atoms with Gasteiger partial charge < -0.3 is 20.5 Å². The summed E-state index contributed by atoms with van der Waals surface area (Å²) in [5.41, 5.74) is 0.936.